The minimum atomic E-state index is -4.37. The number of ether oxygens (including phenoxy) is 1. The lowest BCUT2D eigenvalue weighted by molar-refractivity contribution is -0.890. The van der Waals surface area contributed by atoms with Crippen molar-refractivity contribution < 1.29 is 32.3 Å². The van der Waals surface area contributed by atoms with Crippen LogP contribution in [0.1, 0.15) is 19.4 Å². The zero-order valence-corrected chi connectivity index (χ0v) is 23.2. The molecule has 0 bridgehead atoms. The number of hydrogen-bond acceptors (Lipinski definition) is 6. The maximum Gasteiger partial charge on any atom is 0.416 e. The van der Waals surface area contributed by atoms with Gasteiger partial charge < -0.3 is 19.2 Å². The van der Waals surface area contributed by atoms with Gasteiger partial charge in [0.05, 0.1) is 32.0 Å². The fourth-order valence-corrected chi connectivity index (χ4v) is 3.94. The molecule has 0 atom stereocenters. The molecule has 0 radical (unpaired) electrons. The number of likely N-dealkylation sites (N-methyl/N-ethyl adjacent to an activating group) is 1. The van der Waals surface area contributed by atoms with Crippen molar-refractivity contribution in [3.63, 3.8) is 0 Å². The third kappa shape index (κ3) is 11.1. The first-order chi connectivity index (χ1) is 17.5. The van der Waals surface area contributed by atoms with E-state index in [0.717, 1.165) is 29.9 Å². The fraction of sp³-hybridized carbons (Fsp3) is 0.385. The van der Waals surface area contributed by atoms with Crippen LogP contribution in [-0.4, -0.2) is 68.5 Å². The first-order valence-corrected chi connectivity index (χ1v) is 12.8. The van der Waals surface area contributed by atoms with Crippen LogP contribution in [0.5, 0.6) is 0 Å². The average Bonchev–Trinajstić information content (AvgIpc) is 3.35. The molecule has 0 fully saturated rings. The lowest BCUT2D eigenvalue weighted by Gasteiger charge is -2.28. The van der Waals surface area contributed by atoms with Gasteiger partial charge in [-0.15, -0.1) is 11.3 Å². The molecule has 204 valence electrons. The third-order valence-corrected chi connectivity index (χ3v) is 6.20. The summed E-state index contributed by atoms with van der Waals surface area (Å²) in [6.07, 6.45) is -4.37. The first-order valence-electron chi connectivity index (χ1n) is 11.6. The van der Waals surface area contributed by atoms with Gasteiger partial charge in [0, 0.05) is 28.7 Å². The maximum atomic E-state index is 12.9. The molecule has 3 aromatic rings. The van der Waals surface area contributed by atoms with Gasteiger partial charge in [-0.25, -0.2) is 4.98 Å². The van der Waals surface area contributed by atoms with Gasteiger partial charge in [-0.3, -0.25) is 4.79 Å². The van der Waals surface area contributed by atoms with Crippen LogP contribution in [0.25, 0.3) is 11.3 Å². The number of aromatic nitrogens is 1. The van der Waals surface area contributed by atoms with Crippen LogP contribution in [0.4, 0.5) is 24.0 Å². The SMILES string of the molecule is CC.CN(c1cccc(C(F)(F)F)c1)c1nc(-c2cccc(Cl)c2)cs1.C[N+](C)(CCO)CCOC=O. The first kappa shape index (κ1) is 32.4. The van der Waals surface area contributed by atoms with Crippen molar-refractivity contribution in [2.45, 2.75) is 20.0 Å². The Bertz CT molecular complexity index is 1090. The maximum absolute atomic E-state index is 12.9. The van der Waals surface area contributed by atoms with Gasteiger partial charge in [-0.1, -0.05) is 43.6 Å². The number of nitrogens with zero attached hydrogens (tertiary/aromatic N) is 3. The van der Waals surface area contributed by atoms with Gasteiger partial charge in [0.1, 0.15) is 19.7 Å². The Morgan fingerprint density at radius 3 is 2.41 bits per heavy atom. The molecule has 1 heterocycles. The summed E-state index contributed by atoms with van der Waals surface area (Å²) in [4.78, 5) is 15.9. The summed E-state index contributed by atoms with van der Waals surface area (Å²) in [6.45, 7) is 6.44. The lowest BCUT2D eigenvalue weighted by atomic mass is 10.2. The normalized spacial score (nSPS) is 11.0. The predicted molar refractivity (Wildman–Crippen MR) is 144 cm³/mol. The predicted octanol–water partition coefficient (Wildman–Crippen LogP) is 6.50. The molecule has 2 aromatic carbocycles. The van der Waals surface area contributed by atoms with Crippen molar-refractivity contribution in [3.8, 4) is 11.3 Å². The Kier molecular flexibility index (Phi) is 13.6. The average molecular weight is 561 g/mol. The fourth-order valence-electron chi connectivity index (χ4n) is 2.93. The highest BCUT2D eigenvalue weighted by Crippen LogP contribution is 2.35. The van der Waals surface area contributed by atoms with Crippen LogP contribution in [-0.2, 0) is 15.7 Å². The quantitative estimate of drug-likeness (QED) is 0.184. The number of halogens is 4. The second-order valence-corrected chi connectivity index (χ2v) is 9.48. The van der Waals surface area contributed by atoms with E-state index in [1.807, 2.05) is 45.5 Å². The molecule has 3 rings (SSSR count). The van der Waals surface area contributed by atoms with Crippen LogP contribution in [0, 0.1) is 0 Å². The molecule has 0 unspecified atom stereocenters. The van der Waals surface area contributed by atoms with Crippen LogP contribution in [0.2, 0.25) is 5.02 Å². The van der Waals surface area contributed by atoms with Crippen LogP contribution < -0.4 is 4.90 Å². The van der Waals surface area contributed by atoms with E-state index < -0.39 is 11.7 Å². The van der Waals surface area contributed by atoms with Crippen LogP contribution in [0.15, 0.2) is 53.9 Å². The van der Waals surface area contributed by atoms with Crippen LogP contribution in [0.3, 0.4) is 0 Å². The number of carbonyl (C=O) groups excluding carboxylic acids is 1. The number of benzene rings is 2. The number of aliphatic hydroxyl groups is 1. The van der Waals surface area contributed by atoms with E-state index in [-0.39, 0.29) is 6.61 Å². The molecule has 0 aliphatic rings. The monoisotopic (exact) mass is 560 g/mol. The molecule has 1 N–H and O–H groups in total. The van der Waals surface area contributed by atoms with E-state index in [2.05, 4.69) is 9.72 Å². The van der Waals surface area contributed by atoms with E-state index >= 15 is 0 Å². The number of aliphatic hydroxyl groups excluding tert-OH is 1. The Morgan fingerprint density at radius 1 is 1.14 bits per heavy atom. The van der Waals surface area contributed by atoms with Gasteiger partial charge in [-0.05, 0) is 30.3 Å². The minimum absolute atomic E-state index is 0.161. The van der Waals surface area contributed by atoms with E-state index in [1.54, 1.807) is 30.1 Å². The van der Waals surface area contributed by atoms with Crippen LogP contribution >= 0.6 is 22.9 Å². The zero-order valence-electron chi connectivity index (χ0n) is 21.6. The summed E-state index contributed by atoms with van der Waals surface area (Å²) in [6, 6.07) is 12.5. The largest absolute Gasteiger partial charge is 0.462 e. The topological polar surface area (TPSA) is 62.7 Å². The number of carbonyl (C=O) groups is 1. The summed E-state index contributed by atoms with van der Waals surface area (Å²) >= 11 is 7.34. The minimum Gasteiger partial charge on any atom is -0.462 e. The lowest BCUT2D eigenvalue weighted by Crippen LogP contribution is -2.44. The second kappa shape index (κ2) is 15.6. The standard InChI is InChI=1S/C17H12ClF3N2S.C7H16NO3.C2H6/c1-23(14-7-3-5-12(9-14)17(19,20)21)16-22-15(10-24-16)11-4-2-6-13(18)8-11;1-8(2,3-5-9)4-6-11-7-10;1-2/h2-10H,1H3;7,9H,3-6H2,1-2H3;1-2H3/q;+1;. The zero-order chi connectivity index (χ0) is 28.1. The molecular weight excluding hydrogens is 527 g/mol. The van der Waals surface area contributed by atoms with E-state index in [0.29, 0.717) is 39.9 Å². The summed E-state index contributed by atoms with van der Waals surface area (Å²) in [7, 11) is 5.64. The van der Waals surface area contributed by atoms with E-state index in [9.17, 15) is 18.0 Å². The summed E-state index contributed by atoms with van der Waals surface area (Å²) in [5.41, 5.74) is 1.34. The molecular formula is C26H34ClF3N3O3S+. The number of thiazole rings is 1. The van der Waals surface area contributed by atoms with Crippen molar-refractivity contribution in [1.82, 2.24) is 4.98 Å². The van der Waals surface area contributed by atoms with Gasteiger partial charge in [0.15, 0.2) is 5.13 Å². The van der Waals surface area contributed by atoms with Gasteiger partial charge >= 0.3 is 6.18 Å². The van der Waals surface area contributed by atoms with Crippen molar-refractivity contribution in [2.24, 2.45) is 0 Å². The van der Waals surface area contributed by atoms with Crippen molar-refractivity contribution in [2.75, 3.05) is 52.3 Å². The number of hydrogen-bond donors (Lipinski definition) is 1. The van der Waals surface area contributed by atoms with E-state index in [4.69, 9.17) is 16.7 Å². The molecule has 0 aliphatic carbocycles. The summed E-state index contributed by atoms with van der Waals surface area (Å²) in [5, 5.41) is 11.7. The van der Waals surface area contributed by atoms with Gasteiger partial charge in [-0.2, -0.15) is 13.2 Å². The number of rotatable bonds is 9. The number of anilines is 2. The number of quaternary nitrogens is 1. The Hall–Kier alpha value is -2.66. The van der Waals surface area contributed by atoms with Crippen molar-refractivity contribution >= 4 is 40.2 Å². The summed E-state index contributed by atoms with van der Waals surface area (Å²) < 4.78 is 43.8. The molecule has 0 saturated heterocycles. The Morgan fingerprint density at radius 2 is 1.81 bits per heavy atom. The molecule has 0 amide bonds. The highest BCUT2D eigenvalue weighted by molar-refractivity contribution is 7.14. The molecule has 6 nitrogen and oxygen atoms in total. The van der Waals surface area contributed by atoms with E-state index in [1.165, 1.54) is 17.4 Å². The third-order valence-electron chi connectivity index (χ3n) is 5.05. The molecule has 37 heavy (non-hydrogen) atoms. The van der Waals surface area contributed by atoms with Crippen molar-refractivity contribution in [1.29, 1.82) is 0 Å². The van der Waals surface area contributed by atoms with Gasteiger partial charge in [0.2, 0.25) is 0 Å². The molecule has 11 heteroatoms. The molecule has 0 aliphatic heterocycles. The Labute approximate surface area is 225 Å². The van der Waals surface area contributed by atoms with Crippen molar-refractivity contribution in [3.05, 3.63) is 64.5 Å². The highest BCUT2D eigenvalue weighted by atomic mass is 35.5. The highest BCUT2D eigenvalue weighted by Gasteiger charge is 2.30. The molecule has 0 saturated carbocycles. The number of alkyl halides is 3. The Balaban J connectivity index is 0.000000446. The second-order valence-electron chi connectivity index (χ2n) is 8.21. The smallest absolute Gasteiger partial charge is 0.416 e. The van der Waals surface area contributed by atoms with Gasteiger partial charge in [0.25, 0.3) is 6.47 Å². The summed E-state index contributed by atoms with van der Waals surface area (Å²) in [5.74, 6) is 0. The molecule has 1 aromatic heterocycles. The molecule has 0 spiro atoms.